The third-order valence-corrected chi connectivity index (χ3v) is 4.17. The second-order valence-electron chi connectivity index (χ2n) is 5.82. The minimum absolute atomic E-state index is 0.258. The number of nitrogens with zero attached hydrogens (tertiary/aromatic N) is 1. The first-order valence-corrected chi connectivity index (χ1v) is 7.78. The number of hydrogen-bond acceptors (Lipinski definition) is 3. The number of amides is 1. The van der Waals surface area contributed by atoms with Gasteiger partial charge < -0.3 is 15.1 Å². The van der Waals surface area contributed by atoms with Crippen molar-refractivity contribution >= 4 is 17.8 Å². The number of unbranched alkanes of at least 4 members (excludes halogenated alkanes) is 1. The molecule has 0 saturated carbocycles. The molecule has 1 aromatic rings. The third-order valence-electron chi connectivity index (χ3n) is 4.17. The summed E-state index contributed by atoms with van der Waals surface area (Å²) >= 11 is 0. The first-order valence-electron chi connectivity index (χ1n) is 7.78. The fourth-order valence-electron chi connectivity index (χ4n) is 3.07. The zero-order valence-electron chi connectivity index (χ0n) is 13.1. The fourth-order valence-corrected chi connectivity index (χ4v) is 3.07. The maximum absolute atomic E-state index is 12.8. The van der Waals surface area contributed by atoms with Gasteiger partial charge in [0, 0.05) is 6.54 Å². The number of aliphatic carboxylic acids is 2. The number of carbonyl (C=O) groups is 3. The van der Waals surface area contributed by atoms with Gasteiger partial charge in [-0.2, -0.15) is 0 Å². The van der Waals surface area contributed by atoms with E-state index in [1.807, 2.05) is 6.92 Å². The lowest BCUT2D eigenvalue weighted by molar-refractivity contribution is -0.153. The lowest BCUT2D eigenvalue weighted by atomic mass is 9.93. The van der Waals surface area contributed by atoms with Gasteiger partial charge in [-0.15, -0.1) is 0 Å². The van der Waals surface area contributed by atoms with E-state index in [1.54, 1.807) is 24.3 Å². The van der Waals surface area contributed by atoms with Crippen LogP contribution in [0.1, 0.15) is 43.4 Å². The van der Waals surface area contributed by atoms with Crippen molar-refractivity contribution in [2.75, 3.05) is 6.54 Å². The Morgan fingerprint density at radius 3 is 2.57 bits per heavy atom. The van der Waals surface area contributed by atoms with Gasteiger partial charge in [-0.25, -0.2) is 4.79 Å². The highest BCUT2D eigenvalue weighted by Crippen LogP contribution is 2.33. The van der Waals surface area contributed by atoms with Crippen LogP contribution in [0.25, 0.3) is 0 Å². The predicted molar refractivity (Wildman–Crippen MR) is 82.9 cm³/mol. The van der Waals surface area contributed by atoms with Crippen LogP contribution in [0.5, 0.6) is 0 Å². The summed E-state index contributed by atoms with van der Waals surface area (Å²) in [5.74, 6) is -3.25. The number of carboxylic acids is 2. The van der Waals surface area contributed by atoms with E-state index < -0.39 is 23.9 Å². The first-order chi connectivity index (χ1) is 11.0. The summed E-state index contributed by atoms with van der Waals surface area (Å²) in [7, 11) is 0. The summed E-state index contributed by atoms with van der Waals surface area (Å²) in [4.78, 5) is 37.0. The van der Waals surface area contributed by atoms with Crippen molar-refractivity contribution in [3.8, 4) is 0 Å². The van der Waals surface area contributed by atoms with Gasteiger partial charge in [0.1, 0.15) is 0 Å². The van der Waals surface area contributed by atoms with Crippen LogP contribution in [0.3, 0.4) is 0 Å². The minimum Gasteiger partial charge on any atom is -0.481 e. The summed E-state index contributed by atoms with van der Waals surface area (Å²) in [5, 5.41) is 18.7. The first kappa shape index (κ1) is 17.0. The van der Waals surface area contributed by atoms with Crippen molar-refractivity contribution in [1.29, 1.82) is 0 Å². The lowest BCUT2D eigenvalue weighted by Gasteiger charge is -2.29. The summed E-state index contributed by atoms with van der Waals surface area (Å²) in [6.45, 7) is 2.28. The zero-order valence-corrected chi connectivity index (χ0v) is 13.1. The van der Waals surface area contributed by atoms with Crippen molar-refractivity contribution in [3.63, 3.8) is 0 Å². The number of hydrogen-bond donors (Lipinski definition) is 2. The Morgan fingerprint density at radius 2 is 1.96 bits per heavy atom. The summed E-state index contributed by atoms with van der Waals surface area (Å²) in [6, 6.07) is 5.96. The van der Waals surface area contributed by atoms with Crippen LogP contribution in [-0.4, -0.2) is 39.5 Å². The Balaban J connectivity index is 2.49. The standard InChI is InChI=1S/C17H21NO5/c1-2-3-8-18-15(17(22)23)13-7-5-4-6-11(13)9-12(16(18)21)10-14(19)20/h4-7,12,15H,2-3,8-10H2,1H3,(H,19,20)(H,22,23). The van der Waals surface area contributed by atoms with Gasteiger partial charge >= 0.3 is 11.9 Å². The van der Waals surface area contributed by atoms with Crippen LogP contribution in [0.15, 0.2) is 24.3 Å². The smallest absolute Gasteiger partial charge is 0.331 e. The highest BCUT2D eigenvalue weighted by Gasteiger charge is 2.39. The SMILES string of the molecule is CCCCN1C(=O)C(CC(=O)O)Cc2ccccc2C1C(=O)O. The van der Waals surface area contributed by atoms with E-state index in [9.17, 15) is 19.5 Å². The van der Waals surface area contributed by atoms with Crippen LogP contribution >= 0.6 is 0 Å². The number of fused-ring (bicyclic) bond motifs is 1. The molecule has 1 aromatic carbocycles. The predicted octanol–water partition coefficient (Wildman–Crippen LogP) is 2.09. The molecule has 0 saturated heterocycles. The lowest BCUT2D eigenvalue weighted by Crippen LogP contribution is -2.42. The largest absolute Gasteiger partial charge is 0.481 e. The molecular formula is C17H21NO5. The minimum atomic E-state index is -1.09. The Labute approximate surface area is 134 Å². The van der Waals surface area contributed by atoms with Crippen molar-refractivity contribution < 1.29 is 24.6 Å². The molecule has 6 heteroatoms. The van der Waals surface area contributed by atoms with Crippen molar-refractivity contribution in [3.05, 3.63) is 35.4 Å². The van der Waals surface area contributed by atoms with Gasteiger partial charge in [0.25, 0.3) is 0 Å². The maximum atomic E-state index is 12.8. The molecule has 1 amide bonds. The van der Waals surface area contributed by atoms with Crippen LogP contribution in [-0.2, 0) is 20.8 Å². The Bertz CT molecular complexity index is 613. The Hall–Kier alpha value is -2.37. The van der Waals surface area contributed by atoms with Crippen LogP contribution < -0.4 is 0 Å². The molecule has 1 aliphatic heterocycles. The average molecular weight is 319 g/mol. The van der Waals surface area contributed by atoms with Crippen LogP contribution in [0.2, 0.25) is 0 Å². The van der Waals surface area contributed by atoms with E-state index in [0.29, 0.717) is 18.5 Å². The van der Waals surface area contributed by atoms with Gasteiger partial charge in [-0.1, -0.05) is 37.6 Å². The van der Waals surface area contributed by atoms with Gasteiger partial charge in [0.15, 0.2) is 6.04 Å². The van der Waals surface area contributed by atoms with E-state index in [0.717, 1.165) is 12.0 Å². The quantitative estimate of drug-likeness (QED) is 0.837. The number of carbonyl (C=O) groups excluding carboxylic acids is 1. The third kappa shape index (κ3) is 3.70. The Morgan fingerprint density at radius 1 is 1.26 bits per heavy atom. The van der Waals surface area contributed by atoms with E-state index in [1.165, 1.54) is 4.90 Å². The summed E-state index contributed by atoms with van der Waals surface area (Å²) in [6.07, 6.45) is 1.47. The molecule has 23 heavy (non-hydrogen) atoms. The normalized spacial score (nSPS) is 20.7. The van der Waals surface area contributed by atoms with E-state index in [2.05, 4.69) is 0 Å². The van der Waals surface area contributed by atoms with Crippen LogP contribution in [0.4, 0.5) is 0 Å². The zero-order chi connectivity index (χ0) is 17.0. The van der Waals surface area contributed by atoms with Gasteiger partial charge in [0.05, 0.1) is 12.3 Å². The summed E-state index contributed by atoms with van der Waals surface area (Å²) in [5.41, 5.74) is 1.32. The fraction of sp³-hybridized carbons (Fsp3) is 0.471. The van der Waals surface area contributed by atoms with Crippen molar-refractivity contribution in [2.45, 2.75) is 38.6 Å². The topological polar surface area (TPSA) is 94.9 Å². The molecule has 0 aromatic heterocycles. The molecule has 0 bridgehead atoms. The molecule has 1 heterocycles. The molecule has 2 N–H and O–H groups in total. The maximum Gasteiger partial charge on any atom is 0.331 e. The molecule has 124 valence electrons. The average Bonchev–Trinajstić information content (AvgIpc) is 2.60. The molecule has 0 fully saturated rings. The molecule has 0 spiro atoms. The number of rotatable bonds is 6. The monoisotopic (exact) mass is 319 g/mol. The number of carboxylic acid groups (broad SMARTS) is 2. The summed E-state index contributed by atoms with van der Waals surface area (Å²) < 4.78 is 0. The molecule has 6 nitrogen and oxygen atoms in total. The van der Waals surface area contributed by atoms with Crippen molar-refractivity contribution in [2.24, 2.45) is 5.92 Å². The highest BCUT2D eigenvalue weighted by atomic mass is 16.4. The molecular weight excluding hydrogens is 298 g/mol. The second-order valence-corrected chi connectivity index (χ2v) is 5.82. The van der Waals surface area contributed by atoms with E-state index in [4.69, 9.17) is 5.11 Å². The molecule has 0 aliphatic carbocycles. The molecule has 2 unspecified atom stereocenters. The van der Waals surface area contributed by atoms with Gasteiger partial charge in [0.2, 0.25) is 5.91 Å². The van der Waals surface area contributed by atoms with Gasteiger partial charge in [-0.3, -0.25) is 9.59 Å². The second kappa shape index (κ2) is 7.26. The van der Waals surface area contributed by atoms with E-state index >= 15 is 0 Å². The van der Waals surface area contributed by atoms with Crippen LogP contribution in [0, 0.1) is 5.92 Å². The molecule has 2 rings (SSSR count). The Kier molecular flexibility index (Phi) is 5.36. The van der Waals surface area contributed by atoms with E-state index in [-0.39, 0.29) is 18.7 Å². The highest BCUT2D eigenvalue weighted by molar-refractivity contribution is 5.89. The number of benzene rings is 1. The molecule has 0 radical (unpaired) electrons. The van der Waals surface area contributed by atoms with Crippen molar-refractivity contribution in [1.82, 2.24) is 4.90 Å². The molecule has 1 aliphatic rings. The molecule has 2 atom stereocenters. The van der Waals surface area contributed by atoms with Gasteiger partial charge in [-0.05, 0) is 24.0 Å².